The maximum Gasteiger partial charge on any atom is 0.402 e. The molecular formula is C11H15ClF3NO2S2. The number of thiophene rings is 1. The molecule has 0 saturated heterocycles. The standard InChI is InChI=1S/C11H15ClF3NO2S2/c1-3-4-16(7-11(13,14)15)20(17,18)10-5-9(6-12)19-8(10)2/h5H,3-4,6-7H2,1-2H3. The minimum atomic E-state index is -4.57. The van der Waals surface area contributed by atoms with E-state index >= 15 is 0 Å². The molecule has 0 saturated carbocycles. The molecule has 0 spiro atoms. The smallest absolute Gasteiger partial charge is 0.207 e. The summed E-state index contributed by atoms with van der Waals surface area (Å²) in [6, 6.07) is 1.35. The molecule has 0 aliphatic carbocycles. The summed E-state index contributed by atoms with van der Waals surface area (Å²) >= 11 is 6.81. The highest BCUT2D eigenvalue weighted by atomic mass is 35.5. The summed E-state index contributed by atoms with van der Waals surface area (Å²) < 4.78 is 62.7. The summed E-state index contributed by atoms with van der Waals surface area (Å²) in [5.41, 5.74) is 0. The zero-order valence-electron chi connectivity index (χ0n) is 11.0. The molecule has 0 amide bonds. The second kappa shape index (κ2) is 6.64. The average molecular weight is 350 g/mol. The lowest BCUT2D eigenvalue weighted by molar-refractivity contribution is -0.136. The predicted molar refractivity (Wildman–Crippen MR) is 73.7 cm³/mol. The van der Waals surface area contributed by atoms with E-state index in [0.29, 0.717) is 20.5 Å². The zero-order valence-corrected chi connectivity index (χ0v) is 13.4. The zero-order chi connectivity index (χ0) is 15.6. The van der Waals surface area contributed by atoms with Crippen LogP contribution in [0.2, 0.25) is 0 Å². The van der Waals surface area contributed by atoms with Gasteiger partial charge >= 0.3 is 6.18 Å². The molecule has 20 heavy (non-hydrogen) atoms. The van der Waals surface area contributed by atoms with Crippen LogP contribution in [-0.4, -0.2) is 32.0 Å². The molecule has 0 aliphatic heterocycles. The van der Waals surface area contributed by atoms with Crippen LogP contribution in [0.1, 0.15) is 23.1 Å². The summed E-state index contributed by atoms with van der Waals surface area (Å²) in [6.07, 6.45) is -4.26. The van der Waals surface area contributed by atoms with Crippen molar-refractivity contribution in [2.24, 2.45) is 0 Å². The van der Waals surface area contributed by atoms with Gasteiger partial charge in [0.05, 0.1) is 10.8 Å². The molecule has 1 rings (SSSR count). The van der Waals surface area contributed by atoms with E-state index in [1.807, 2.05) is 0 Å². The summed E-state index contributed by atoms with van der Waals surface area (Å²) in [5, 5.41) is 0. The molecule has 116 valence electrons. The number of hydrogen-bond donors (Lipinski definition) is 0. The van der Waals surface area contributed by atoms with Crippen molar-refractivity contribution in [1.82, 2.24) is 4.31 Å². The minimum absolute atomic E-state index is 0.0872. The fourth-order valence-corrected chi connectivity index (χ4v) is 4.93. The highest BCUT2D eigenvalue weighted by molar-refractivity contribution is 7.89. The van der Waals surface area contributed by atoms with Crippen LogP contribution < -0.4 is 0 Å². The van der Waals surface area contributed by atoms with Gasteiger partial charge in [-0.1, -0.05) is 6.92 Å². The van der Waals surface area contributed by atoms with Gasteiger partial charge in [0.1, 0.15) is 6.54 Å². The van der Waals surface area contributed by atoms with E-state index in [-0.39, 0.29) is 17.3 Å². The van der Waals surface area contributed by atoms with Crippen LogP contribution in [0.5, 0.6) is 0 Å². The molecule has 3 nitrogen and oxygen atoms in total. The summed E-state index contributed by atoms with van der Waals surface area (Å²) in [6.45, 7) is 1.54. The van der Waals surface area contributed by atoms with Crippen LogP contribution in [0.25, 0.3) is 0 Å². The van der Waals surface area contributed by atoms with Gasteiger partial charge in [0, 0.05) is 16.3 Å². The Labute approximate surface area is 125 Å². The van der Waals surface area contributed by atoms with E-state index in [4.69, 9.17) is 11.6 Å². The summed E-state index contributed by atoms with van der Waals surface area (Å²) in [5.74, 6) is 0.133. The van der Waals surface area contributed by atoms with Crippen molar-refractivity contribution in [2.45, 2.75) is 37.2 Å². The van der Waals surface area contributed by atoms with Crippen molar-refractivity contribution in [3.63, 3.8) is 0 Å². The topological polar surface area (TPSA) is 37.4 Å². The Morgan fingerprint density at radius 2 is 2.00 bits per heavy atom. The van der Waals surface area contributed by atoms with E-state index in [2.05, 4.69) is 0 Å². The molecular weight excluding hydrogens is 335 g/mol. The summed E-state index contributed by atoms with van der Waals surface area (Å²) in [4.78, 5) is 0.978. The predicted octanol–water partition coefficient (Wildman–Crippen LogP) is 3.76. The molecule has 1 aromatic heterocycles. The molecule has 0 radical (unpaired) electrons. The molecule has 0 N–H and O–H groups in total. The van der Waals surface area contributed by atoms with Crippen molar-refractivity contribution in [3.05, 3.63) is 15.8 Å². The molecule has 0 atom stereocenters. The van der Waals surface area contributed by atoms with Gasteiger partial charge in [0.15, 0.2) is 0 Å². The molecule has 0 fully saturated rings. The third-order valence-corrected chi connectivity index (χ3v) is 6.10. The van der Waals surface area contributed by atoms with Crippen molar-refractivity contribution < 1.29 is 21.6 Å². The Kier molecular flexibility index (Phi) is 5.89. The molecule has 0 aromatic carbocycles. The fraction of sp³-hybridized carbons (Fsp3) is 0.636. The normalized spacial score (nSPS) is 13.2. The number of hydrogen-bond acceptors (Lipinski definition) is 3. The van der Waals surface area contributed by atoms with Crippen LogP contribution >= 0.6 is 22.9 Å². The maximum atomic E-state index is 12.5. The quantitative estimate of drug-likeness (QED) is 0.733. The summed E-state index contributed by atoms with van der Waals surface area (Å²) in [7, 11) is -4.15. The molecule has 0 aliphatic rings. The van der Waals surface area contributed by atoms with E-state index in [1.165, 1.54) is 17.4 Å². The first-order chi connectivity index (χ1) is 9.11. The Hall–Kier alpha value is -0.310. The van der Waals surface area contributed by atoms with Crippen LogP contribution in [0.4, 0.5) is 13.2 Å². The minimum Gasteiger partial charge on any atom is -0.207 e. The lowest BCUT2D eigenvalue weighted by atomic mass is 10.4. The van der Waals surface area contributed by atoms with E-state index < -0.39 is 22.7 Å². The van der Waals surface area contributed by atoms with Gasteiger partial charge in [-0.25, -0.2) is 8.42 Å². The fourth-order valence-electron chi connectivity index (χ4n) is 1.72. The number of rotatable bonds is 6. The monoisotopic (exact) mass is 349 g/mol. The second-order valence-electron chi connectivity index (χ2n) is 4.22. The van der Waals surface area contributed by atoms with E-state index in [9.17, 15) is 21.6 Å². The largest absolute Gasteiger partial charge is 0.402 e. The maximum absolute atomic E-state index is 12.5. The van der Waals surface area contributed by atoms with Gasteiger partial charge in [-0.3, -0.25) is 0 Å². The highest BCUT2D eigenvalue weighted by Gasteiger charge is 2.37. The Bertz CT molecular complexity index is 555. The molecule has 0 bridgehead atoms. The number of halogens is 4. The first-order valence-corrected chi connectivity index (χ1v) is 8.63. The van der Waals surface area contributed by atoms with Gasteiger partial charge < -0.3 is 0 Å². The molecule has 0 unspecified atom stereocenters. The third kappa shape index (κ3) is 4.34. The lowest BCUT2D eigenvalue weighted by Crippen LogP contribution is -2.39. The first kappa shape index (κ1) is 17.7. The van der Waals surface area contributed by atoms with Crippen molar-refractivity contribution >= 4 is 33.0 Å². The van der Waals surface area contributed by atoms with Crippen LogP contribution in [0, 0.1) is 6.92 Å². The van der Waals surface area contributed by atoms with Gasteiger partial charge in [-0.2, -0.15) is 17.5 Å². The van der Waals surface area contributed by atoms with Crippen LogP contribution in [0.15, 0.2) is 11.0 Å². The van der Waals surface area contributed by atoms with Crippen molar-refractivity contribution in [1.29, 1.82) is 0 Å². The Balaban J connectivity index is 3.18. The highest BCUT2D eigenvalue weighted by Crippen LogP contribution is 2.30. The lowest BCUT2D eigenvalue weighted by Gasteiger charge is -2.22. The molecule has 1 aromatic rings. The average Bonchev–Trinajstić information content (AvgIpc) is 2.69. The van der Waals surface area contributed by atoms with Gasteiger partial charge in [0.2, 0.25) is 10.0 Å². The van der Waals surface area contributed by atoms with Gasteiger partial charge in [-0.05, 0) is 19.4 Å². The first-order valence-electron chi connectivity index (χ1n) is 5.84. The number of nitrogens with zero attached hydrogens (tertiary/aromatic N) is 1. The molecule has 1 heterocycles. The number of alkyl halides is 4. The number of sulfonamides is 1. The van der Waals surface area contributed by atoms with Gasteiger partial charge in [0.25, 0.3) is 0 Å². The Morgan fingerprint density at radius 3 is 2.40 bits per heavy atom. The van der Waals surface area contributed by atoms with E-state index in [1.54, 1.807) is 13.8 Å². The van der Waals surface area contributed by atoms with Crippen molar-refractivity contribution in [3.8, 4) is 0 Å². The van der Waals surface area contributed by atoms with Crippen LogP contribution in [-0.2, 0) is 15.9 Å². The van der Waals surface area contributed by atoms with E-state index in [0.717, 1.165) is 0 Å². The van der Waals surface area contributed by atoms with Gasteiger partial charge in [-0.15, -0.1) is 22.9 Å². The third-order valence-electron chi connectivity index (χ3n) is 2.50. The SMILES string of the molecule is CCCN(CC(F)(F)F)S(=O)(=O)c1cc(CCl)sc1C. The second-order valence-corrected chi connectivity index (χ2v) is 7.74. The Morgan fingerprint density at radius 1 is 1.40 bits per heavy atom. The van der Waals surface area contributed by atoms with Crippen molar-refractivity contribution in [2.75, 3.05) is 13.1 Å². The number of aryl methyl sites for hydroxylation is 1. The van der Waals surface area contributed by atoms with Crippen LogP contribution in [0.3, 0.4) is 0 Å². The molecule has 9 heteroatoms.